The summed E-state index contributed by atoms with van der Waals surface area (Å²) in [6.45, 7) is 3.80. The molecular weight excluding hydrogens is 302 g/mol. The summed E-state index contributed by atoms with van der Waals surface area (Å²) < 4.78 is 26.7. The lowest BCUT2D eigenvalue weighted by Crippen LogP contribution is -2.23. The number of hydrogen-bond acceptors (Lipinski definition) is 6. The predicted octanol–water partition coefficient (Wildman–Crippen LogP) is 1.79. The molecule has 2 rings (SSSR count). The highest BCUT2D eigenvalue weighted by Crippen LogP contribution is 2.19. The van der Waals surface area contributed by atoms with E-state index in [1.54, 1.807) is 17.0 Å². The SMILES string of the molecule is CCNCc1cc(S(=O)(=O)NCc2cscn2)cs1. The summed E-state index contributed by atoms with van der Waals surface area (Å²) in [4.78, 5) is 5.37. The van der Waals surface area contributed by atoms with E-state index in [1.165, 1.54) is 22.7 Å². The van der Waals surface area contributed by atoms with Crippen LogP contribution in [0.1, 0.15) is 17.5 Å². The third-order valence-corrected chi connectivity index (χ3v) is 5.52. The van der Waals surface area contributed by atoms with Gasteiger partial charge in [0, 0.05) is 22.2 Å². The minimum atomic E-state index is -3.44. The topological polar surface area (TPSA) is 71.1 Å². The maximum atomic E-state index is 12.1. The maximum absolute atomic E-state index is 12.1. The highest BCUT2D eigenvalue weighted by molar-refractivity contribution is 7.89. The van der Waals surface area contributed by atoms with Crippen LogP contribution in [0.4, 0.5) is 0 Å². The molecule has 104 valence electrons. The van der Waals surface area contributed by atoms with Crippen molar-refractivity contribution >= 4 is 32.7 Å². The van der Waals surface area contributed by atoms with Gasteiger partial charge in [0.2, 0.25) is 10.0 Å². The second kappa shape index (κ2) is 6.58. The maximum Gasteiger partial charge on any atom is 0.241 e. The fraction of sp³-hybridized carbons (Fsp3) is 0.364. The van der Waals surface area contributed by atoms with Gasteiger partial charge in [0.15, 0.2) is 0 Å². The molecular formula is C11H15N3O2S3. The van der Waals surface area contributed by atoms with Gasteiger partial charge in [-0.3, -0.25) is 0 Å². The Morgan fingerprint density at radius 3 is 2.84 bits per heavy atom. The van der Waals surface area contributed by atoms with Crippen LogP contribution in [0, 0.1) is 0 Å². The molecule has 0 aliphatic carbocycles. The smallest absolute Gasteiger partial charge is 0.241 e. The average Bonchev–Trinajstić information content (AvgIpc) is 3.05. The van der Waals surface area contributed by atoms with Crippen molar-refractivity contribution in [2.24, 2.45) is 0 Å². The van der Waals surface area contributed by atoms with E-state index in [-0.39, 0.29) is 6.54 Å². The minimum absolute atomic E-state index is 0.226. The number of nitrogens with one attached hydrogen (secondary N) is 2. The molecule has 0 spiro atoms. The van der Waals surface area contributed by atoms with Crippen LogP contribution in [0.25, 0.3) is 0 Å². The van der Waals surface area contributed by atoms with E-state index in [1.807, 2.05) is 12.3 Å². The summed E-state index contributed by atoms with van der Waals surface area (Å²) in [6, 6.07) is 1.71. The van der Waals surface area contributed by atoms with Gasteiger partial charge in [0.1, 0.15) is 0 Å². The zero-order valence-electron chi connectivity index (χ0n) is 10.4. The summed E-state index contributed by atoms with van der Waals surface area (Å²) in [7, 11) is -3.44. The molecule has 0 saturated heterocycles. The summed E-state index contributed by atoms with van der Waals surface area (Å²) in [5, 5.41) is 6.66. The molecule has 2 aromatic heterocycles. The molecule has 0 amide bonds. The molecule has 0 aliphatic heterocycles. The van der Waals surface area contributed by atoms with E-state index >= 15 is 0 Å². The summed E-state index contributed by atoms with van der Waals surface area (Å²) in [6.07, 6.45) is 0. The Morgan fingerprint density at radius 2 is 2.16 bits per heavy atom. The predicted molar refractivity (Wildman–Crippen MR) is 77.8 cm³/mol. The van der Waals surface area contributed by atoms with Crippen LogP contribution < -0.4 is 10.0 Å². The van der Waals surface area contributed by atoms with E-state index < -0.39 is 10.0 Å². The van der Waals surface area contributed by atoms with Crippen molar-refractivity contribution in [1.29, 1.82) is 0 Å². The average molecular weight is 317 g/mol. The molecule has 2 aromatic rings. The quantitative estimate of drug-likeness (QED) is 0.817. The van der Waals surface area contributed by atoms with Crippen molar-refractivity contribution < 1.29 is 8.42 Å². The van der Waals surface area contributed by atoms with Crippen LogP contribution in [-0.2, 0) is 23.1 Å². The largest absolute Gasteiger partial charge is 0.312 e. The van der Waals surface area contributed by atoms with Gasteiger partial charge in [-0.1, -0.05) is 6.92 Å². The van der Waals surface area contributed by atoms with Gasteiger partial charge in [0.25, 0.3) is 0 Å². The van der Waals surface area contributed by atoms with Crippen molar-refractivity contribution in [1.82, 2.24) is 15.0 Å². The lowest BCUT2D eigenvalue weighted by Gasteiger charge is -2.02. The van der Waals surface area contributed by atoms with Gasteiger partial charge in [-0.05, 0) is 12.6 Å². The number of aromatic nitrogens is 1. The number of thiophene rings is 1. The van der Waals surface area contributed by atoms with Crippen LogP contribution in [0.15, 0.2) is 27.2 Å². The standard InChI is InChI=1S/C11H15N3O2S3/c1-2-12-5-10-3-11(7-18-10)19(15,16)14-4-9-6-17-8-13-9/h3,6-8,12,14H,2,4-5H2,1H3. The molecule has 0 aromatic carbocycles. The van der Waals surface area contributed by atoms with Crippen LogP contribution in [0.5, 0.6) is 0 Å². The molecule has 0 atom stereocenters. The lowest BCUT2D eigenvalue weighted by molar-refractivity contribution is 0.581. The van der Waals surface area contributed by atoms with Gasteiger partial charge >= 0.3 is 0 Å². The Bertz CT molecular complexity index is 605. The molecule has 0 bridgehead atoms. The molecule has 19 heavy (non-hydrogen) atoms. The van der Waals surface area contributed by atoms with E-state index in [0.29, 0.717) is 11.4 Å². The fourth-order valence-corrected chi connectivity index (χ4v) is 4.22. The van der Waals surface area contributed by atoms with Gasteiger partial charge in [-0.15, -0.1) is 22.7 Å². The van der Waals surface area contributed by atoms with Crippen molar-refractivity contribution in [2.75, 3.05) is 6.54 Å². The first-order valence-corrected chi connectivity index (χ1v) is 9.07. The van der Waals surface area contributed by atoms with Gasteiger partial charge in [0.05, 0.1) is 22.6 Å². The Labute approximate surface area is 120 Å². The Balaban J connectivity index is 2.00. The third kappa shape index (κ3) is 4.08. The van der Waals surface area contributed by atoms with Crippen LogP contribution in [0.3, 0.4) is 0 Å². The summed E-state index contributed by atoms with van der Waals surface area (Å²) >= 11 is 2.89. The van der Waals surface area contributed by atoms with Gasteiger partial charge < -0.3 is 5.32 Å². The molecule has 0 aliphatic rings. The molecule has 8 heteroatoms. The lowest BCUT2D eigenvalue weighted by atomic mass is 10.4. The van der Waals surface area contributed by atoms with E-state index in [0.717, 1.165) is 17.1 Å². The number of rotatable bonds is 7. The van der Waals surface area contributed by atoms with Crippen molar-refractivity contribution in [3.63, 3.8) is 0 Å². The van der Waals surface area contributed by atoms with E-state index in [9.17, 15) is 8.42 Å². The first-order chi connectivity index (χ1) is 9.12. The van der Waals surface area contributed by atoms with Crippen LogP contribution in [-0.4, -0.2) is 19.9 Å². The molecule has 0 fully saturated rings. The summed E-state index contributed by atoms with van der Waals surface area (Å²) in [5.41, 5.74) is 2.42. The monoisotopic (exact) mass is 317 g/mol. The first kappa shape index (κ1) is 14.6. The van der Waals surface area contributed by atoms with Crippen LogP contribution >= 0.6 is 22.7 Å². The molecule has 5 nitrogen and oxygen atoms in total. The van der Waals surface area contributed by atoms with Crippen LogP contribution in [0.2, 0.25) is 0 Å². The van der Waals surface area contributed by atoms with E-state index in [4.69, 9.17) is 0 Å². The molecule has 2 N–H and O–H groups in total. The Kier molecular flexibility index (Phi) is 5.06. The molecule has 0 saturated carbocycles. The highest BCUT2D eigenvalue weighted by atomic mass is 32.2. The first-order valence-electron chi connectivity index (χ1n) is 5.76. The third-order valence-electron chi connectivity index (χ3n) is 2.42. The normalized spacial score (nSPS) is 11.8. The second-order valence-electron chi connectivity index (χ2n) is 3.83. The van der Waals surface area contributed by atoms with Gasteiger partial charge in [-0.2, -0.15) is 0 Å². The Hall–Kier alpha value is -0.800. The molecule has 2 heterocycles. The molecule has 0 unspecified atom stereocenters. The number of nitrogens with zero attached hydrogens (tertiary/aromatic N) is 1. The minimum Gasteiger partial charge on any atom is -0.312 e. The number of sulfonamides is 1. The fourth-order valence-electron chi connectivity index (χ4n) is 1.42. The van der Waals surface area contributed by atoms with E-state index in [2.05, 4.69) is 15.0 Å². The van der Waals surface area contributed by atoms with Crippen molar-refractivity contribution in [3.05, 3.63) is 32.9 Å². The zero-order chi connectivity index (χ0) is 13.7. The molecule has 0 radical (unpaired) electrons. The second-order valence-corrected chi connectivity index (χ2v) is 7.31. The number of hydrogen-bond donors (Lipinski definition) is 2. The number of thiazole rings is 1. The highest BCUT2D eigenvalue weighted by Gasteiger charge is 2.16. The zero-order valence-corrected chi connectivity index (χ0v) is 12.9. The summed E-state index contributed by atoms with van der Waals surface area (Å²) in [5.74, 6) is 0. The Morgan fingerprint density at radius 1 is 1.32 bits per heavy atom. The van der Waals surface area contributed by atoms with Crippen molar-refractivity contribution in [3.8, 4) is 0 Å². The van der Waals surface area contributed by atoms with Crippen molar-refractivity contribution in [2.45, 2.75) is 24.9 Å². The van der Waals surface area contributed by atoms with Gasteiger partial charge in [-0.25, -0.2) is 18.1 Å².